The molecule has 0 bridgehead atoms. The van der Waals surface area contributed by atoms with Crippen molar-refractivity contribution in [2.75, 3.05) is 33.4 Å². The molecule has 24 heavy (non-hydrogen) atoms. The first kappa shape index (κ1) is 22.7. The molecule has 4 nitrogen and oxygen atoms in total. The molecule has 0 heterocycles. The molecule has 1 rings (SSSR count). The number of rotatable bonds is 9. The van der Waals surface area contributed by atoms with Crippen LogP contribution in [-0.4, -0.2) is 39.3 Å². The van der Waals surface area contributed by atoms with E-state index in [4.69, 9.17) is 4.74 Å². The fourth-order valence-corrected chi connectivity index (χ4v) is 2.07. The van der Waals surface area contributed by atoms with Crippen LogP contribution >= 0.6 is 12.4 Å². The average Bonchev–Trinajstić information content (AvgIpc) is 2.50. The summed E-state index contributed by atoms with van der Waals surface area (Å²) in [5.41, 5.74) is -0.189. The number of halogens is 4. The van der Waals surface area contributed by atoms with Crippen LogP contribution in [-0.2, 0) is 22.1 Å². The molecule has 1 unspecified atom stereocenters. The van der Waals surface area contributed by atoms with Crippen molar-refractivity contribution in [3.05, 3.63) is 35.4 Å². The predicted octanol–water partition coefficient (Wildman–Crippen LogP) is 2.66. The smallest absolute Gasteiger partial charge is 0.383 e. The maximum atomic E-state index is 12.7. The lowest BCUT2D eigenvalue weighted by Gasteiger charge is -2.14. The minimum absolute atomic E-state index is 0. The Kier molecular flexibility index (Phi) is 10.7. The minimum atomic E-state index is -4.37. The highest BCUT2D eigenvalue weighted by molar-refractivity contribution is 5.85. The van der Waals surface area contributed by atoms with Crippen LogP contribution in [0.25, 0.3) is 0 Å². The molecule has 138 valence electrons. The van der Waals surface area contributed by atoms with Crippen LogP contribution < -0.4 is 10.6 Å². The molecular weight excluding hydrogens is 345 g/mol. The zero-order valence-corrected chi connectivity index (χ0v) is 14.6. The second-order valence-electron chi connectivity index (χ2n) is 5.34. The summed E-state index contributed by atoms with van der Waals surface area (Å²) in [6, 6.07) is 5.09. The number of amides is 1. The van der Waals surface area contributed by atoms with E-state index in [1.165, 1.54) is 6.07 Å². The largest absolute Gasteiger partial charge is 0.416 e. The van der Waals surface area contributed by atoms with Crippen LogP contribution in [0.4, 0.5) is 13.2 Å². The van der Waals surface area contributed by atoms with Crippen molar-refractivity contribution in [1.29, 1.82) is 0 Å². The molecule has 0 aromatic heterocycles. The van der Waals surface area contributed by atoms with Gasteiger partial charge in [-0.25, -0.2) is 0 Å². The molecule has 1 aromatic carbocycles. The third-order valence-corrected chi connectivity index (χ3v) is 3.33. The standard InChI is InChI=1S/C16H23F3N2O2.ClH/c1-12(15(22)21-7-6-20-8-9-23-2)10-13-4-3-5-14(11-13)16(17,18)19;/h3-5,11-12,20H,6-10H2,1-2H3,(H,21,22);1H. The van der Waals surface area contributed by atoms with Crippen LogP contribution in [0, 0.1) is 5.92 Å². The Balaban J connectivity index is 0.00000529. The Morgan fingerprint density at radius 2 is 1.96 bits per heavy atom. The van der Waals surface area contributed by atoms with Crippen molar-refractivity contribution in [2.45, 2.75) is 19.5 Å². The van der Waals surface area contributed by atoms with E-state index >= 15 is 0 Å². The molecule has 0 radical (unpaired) electrons. The molecule has 0 aliphatic rings. The summed E-state index contributed by atoms with van der Waals surface area (Å²) in [4.78, 5) is 11.9. The summed E-state index contributed by atoms with van der Waals surface area (Å²) in [5, 5.41) is 5.85. The molecule has 1 aromatic rings. The number of carbonyl (C=O) groups excluding carboxylic acids is 1. The van der Waals surface area contributed by atoms with E-state index in [0.29, 0.717) is 31.8 Å². The maximum Gasteiger partial charge on any atom is 0.416 e. The summed E-state index contributed by atoms with van der Waals surface area (Å²) >= 11 is 0. The third-order valence-electron chi connectivity index (χ3n) is 3.33. The van der Waals surface area contributed by atoms with Gasteiger partial charge in [-0.05, 0) is 18.1 Å². The molecule has 2 N–H and O–H groups in total. The van der Waals surface area contributed by atoms with E-state index in [1.807, 2.05) is 0 Å². The summed E-state index contributed by atoms with van der Waals surface area (Å²) in [5.74, 6) is -0.562. The number of hydrogen-bond acceptors (Lipinski definition) is 3. The quantitative estimate of drug-likeness (QED) is 0.659. The van der Waals surface area contributed by atoms with Gasteiger partial charge in [0.15, 0.2) is 0 Å². The van der Waals surface area contributed by atoms with Gasteiger partial charge in [0.05, 0.1) is 12.2 Å². The van der Waals surface area contributed by atoms with E-state index < -0.39 is 17.7 Å². The first-order chi connectivity index (χ1) is 10.8. The lowest BCUT2D eigenvalue weighted by Crippen LogP contribution is -2.36. The number of benzene rings is 1. The average molecular weight is 369 g/mol. The molecular formula is C16H24ClF3N2O2. The third kappa shape index (κ3) is 8.52. The van der Waals surface area contributed by atoms with Crippen LogP contribution in [0.3, 0.4) is 0 Å². The number of carbonyl (C=O) groups is 1. The Morgan fingerprint density at radius 1 is 1.25 bits per heavy atom. The molecule has 0 saturated carbocycles. The normalized spacial score (nSPS) is 12.4. The van der Waals surface area contributed by atoms with Gasteiger partial charge in [0.2, 0.25) is 5.91 Å². The van der Waals surface area contributed by atoms with E-state index in [1.54, 1.807) is 20.1 Å². The summed E-state index contributed by atoms with van der Waals surface area (Å²) in [6.45, 7) is 4.08. The van der Waals surface area contributed by atoms with Gasteiger partial charge >= 0.3 is 6.18 Å². The first-order valence-electron chi connectivity index (χ1n) is 7.48. The van der Waals surface area contributed by atoms with E-state index in [-0.39, 0.29) is 24.7 Å². The minimum Gasteiger partial charge on any atom is -0.383 e. The van der Waals surface area contributed by atoms with Crippen LogP contribution in [0.2, 0.25) is 0 Å². The zero-order valence-electron chi connectivity index (χ0n) is 13.8. The van der Waals surface area contributed by atoms with Crippen molar-refractivity contribution >= 4 is 18.3 Å². The SMILES string of the molecule is COCCNCCNC(=O)C(C)Cc1cccc(C(F)(F)F)c1.Cl. The first-order valence-corrected chi connectivity index (χ1v) is 7.48. The molecule has 0 fully saturated rings. The van der Waals surface area contributed by atoms with Gasteiger partial charge in [-0.1, -0.05) is 25.1 Å². The number of methoxy groups -OCH3 is 1. The lowest BCUT2D eigenvalue weighted by molar-refractivity contribution is -0.137. The maximum absolute atomic E-state index is 12.7. The zero-order chi connectivity index (χ0) is 17.3. The number of ether oxygens (including phenoxy) is 1. The Labute approximate surface area is 146 Å². The Hall–Kier alpha value is -1.31. The van der Waals surface area contributed by atoms with Crippen molar-refractivity contribution < 1.29 is 22.7 Å². The van der Waals surface area contributed by atoms with Crippen molar-refractivity contribution in [1.82, 2.24) is 10.6 Å². The number of alkyl halides is 3. The number of hydrogen-bond donors (Lipinski definition) is 2. The lowest BCUT2D eigenvalue weighted by atomic mass is 9.98. The highest BCUT2D eigenvalue weighted by Crippen LogP contribution is 2.29. The molecule has 0 aliphatic carbocycles. The van der Waals surface area contributed by atoms with Gasteiger partial charge in [-0.15, -0.1) is 12.4 Å². The van der Waals surface area contributed by atoms with Crippen molar-refractivity contribution in [2.24, 2.45) is 5.92 Å². The Morgan fingerprint density at radius 3 is 2.58 bits per heavy atom. The molecule has 1 amide bonds. The fourth-order valence-electron chi connectivity index (χ4n) is 2.07. The monoisotopic (exact) mass is 368 g/mol. The van der Waals surface area contributed by atoms with Gasteiger partial charge in [0.1, 0.15) is 0 Å². The second-order valence-corrected chi connectivity index (χ2v) is 5.34. The van der Waals surface area contributed by atoms with Crippen molar-refractivity contribution in [3.63, 3.8) is 0 Å². The van der Waals surface area contributed by atoms with Crippen molar-refractivity contribution in [3.8, 4) is 0 Å². The highest BCUT2D eigenvalue weighted by atomic mass is 35.5. The van der Waals surface area contributed by atoms with Gasteiger partial charge in [-0.2, -0.15) is 13.2 Å². The summed E-state index contributed by atoms with van der Waals surface area (Å²) in [6.07, 6.45) is -4.10. The molecule has 0 spiro atoms. The van der Waals surface area contributed by atoms with E-state index in [2.05, 4.69) is 10.6 Å². The molecule has 0 aliphatic heterocycles. The second kappa shape index (κ2) is 11.3. The van der Waals surface area contributed by atoms with Crippen LogP contribution in [0.5, 0.6) is 0 Å². The van der Waals surface area contributed by atoms with Gasteiger partial charge in [0, 0.05) is 32.7 Å². The predicted molar refractivity (Wildman–Crippen MR) is 89.3 cm³/mol. The molecule has 8 heteroatoms. The van der Waals surface area contributed by atoms with Gasteiger partial charge in [-0.3, -0.25) is 4.79 Å². The number of nitrogens with one attached hydrogen (secondary N) is 2. The van der Waals surface area contributed by atoms with Crippen LogP contribution in [0.15, 0.2) is 24.3 Å². The van der Waals surface area contributed by atoms with Gasteiger partial charge < -0.3 is 15.4 Å². The topological polar surface area (TPSA) is 50.4 Å². The molecule has 1 atom stereocenters. The van der Waals surface area contributed by atoms with Crippen LogP contribution in [0.1, 0.15) is 18.1 Å². The Bertz CT molecular complexity index is 498. The molecule has 0 saturated heterocycles. The summed E-state index contributed by atoms with van der Waals surface area (Å²) < 4.78 is 42.9. The fraction of sp³-hybridized carbons (Fsp3) is 0.562. The highest BCUT2D eigenvalue weighted by Gasteiger charge is 2.30. The van der Waals surface area contributed by atoms with E-state index in [0.717, 1.165) is 12.1 Å². The van der Waals surface area contributed by atoms with E-state index in [9.17, 15) is 18.0 Å². The van der Waals surface area contributed by atoms with Gasteiger partial charge in [0.25, 0.3) is 0 Å². The summed E-state index contributed by atoms with van der Waals surface area (Å²) in [7, 11) is 1.61.